The fourth-order valence-corrected chi connectivity index (χ4v) is 1.48. The molecule has 0 saturated carbocycles. The van der Waals surface area contributed by atoms with Crippen molar-refractivity contribution in [2.75, 3.05) is 13.1 Å². The number of hydrogen-bond acceptors (Lipinski definition) is 4. The Morgan fingerprint density at radius 3 is 2.73 bits per heavy atom. The van der Waals surface area contributed by atoms with Gasteiger partial charge < -0.3 is 20.8 Å². The van der Waals surface area contributed by atoms with Crippen molar-refractivity contribution in [3.8, 4) is 0 Å². The van der Waals surface area contributed by atoms with Crippen LogP contribution in [-0.2, 0) is 9.59 Å². The first-order valence-corrected chi connectivity index (χ1v) is 5.03. The van der Waals surface area contributed by atoms with Gasteiger partial charge in [-0.3, -0.25) is 4.79 Å². The highest BCUT2D eigenvalue weighted by Crippen LogP contribution is 2.06. The maximum atomic E-state index is 11.4. The van der Waals surface area contributed by atoms with E-state index in [1.165, 1.54) is 0 Å². The lowest BCUT2D eigenvalue weighted by Gasteiger charge is -2.22. The Morgan fingerprint density at radius 2 is 2.20 bits per heavy atom. The van der Waals surface area contributed by atoms with Gasteiger partial charge in [0.1, 0.15) is 0 Å². The van der Waals surface area contributed by atoms with Crippen LogP contribution >= 0.6 is 0 Å². The number of carboxylic acid groups (broad SMARTS) is 1. The van der Waals surface area contributed by atoms with Gasteiger partial charge in [0.15, 0.2) is 6.10 Å². The number of piperidine rings is 1. The maximum absolute atomic E-state index is 11.4. The van der Waals surface area contributed by atoms with Gasteiger partial charge in [-0.15, -0.1) is 0 Å². The van der Waals surface area contributed by atoms with Crippen LogP contribution < -0.4 is 10.6 Å². The minimum atomic E-state index is -1.53. The van der Waals surface area contributed by atoms with Crippen LogP contribution in [0.5, 0.6) is 0 Å². The van der Waals surface area contributed by atoms with Gasteiger partial charge in [-0.1, -0.05) is 6.42 Å². The van der Waals surface area contributed by atoms with Crippen LogP contribution in [0.15, 0.2) is 0 Å². The number of hydrogen-bond donors (Lipinski definition) is 4. The van der Waals surface area contributed by atoms with E-state index >= 15 is 0 Å². The number of rotatable bonds is 4. The highest BCUT2D eigenvalue weighted by atomic mass is 16.4. The number of amides is 1. The van der Waals surface area contributed by atoms with Gasteiger partial charge in [0.05, 0.1) is 12.6 Å². The summed E-state index contributed by atoms with van der Waals surface area (Å²) in [6.07, 6.45) is 1.28. The van der Waals surface area contributed by atoms with Crippen molar-refractivity contribution in [2.45, 2.75) is 31.4 Å². The number of carbonyl (C=O) groups excluding carboxylic acids is 1. The molecular weight excluding hydrogens is 200 g/mol. The van der Waals surface area contributed by atoms with Crippen molar-refractivity contribution in [1.82, 2.24) is 10.6 Å². The van der Waals surface area contributed by atoms with E-state index < -0.39 is 12.1 Å². The Morgan fingerprint density at radius 1 is 1.47 bits per heavy atom. The van der Waals surface area contributed by atoms with Crippen molar-refractivity contribution in [1.29, 1.82) is 0 Å². The van der Waals surface area contributed by atoms with Crippen molar-refractivity contribution in [3.05, 3.63) is 0 Å². The quantitative estimate of drug-likeness (QED) is 0.467. The summed E-state index contributed by atoms with van der Waals surface area (Å²) in [5.74, 6) is -1.57. The molecule has 0 unspecified atom stereocenters. The molecule has 2 atom stereocenters. The predicted octanol–water partition coefficient (Wildman–Crippen LogP) is -1.31. The molecule has 1 heterocycles. The molecule has 0 aromatic rings. The van der Waals surface area contributed by atoms with Crippen molar-refractivity contribution >= 4 is 11.9 Å². The second kappa shape index (κ2) is 5.67. The van der Waals surface area contributed by atoms with Gasteiger partial charge in [-0.2, -0.15) is 0 Å². The molecule has 0 aliphatic carbocycles. The molecule has 0 spiro atoms. The number of aliphatic hydroxyl groups excluding tert-OH is 1. The van der Waals surface area contributed by atoms with E-state index in [1.807, 2.05) is 0 Å². The van der Waals surface area contributed by atoms with Crippen LogP contribution in [0, 0.1) is 0 Å². The summed E-state index contributed by atoms with van der Waals surface area (Å²) in [7, 11) is 0. The first kappa shape index (κ1) is 11.9. The lowest BCUT2D eigenvalue weighted by molar-refractivity contribution is -0.146. The lowest BCUT2D eigenvalue weighted by atomic mass is 10.0. The number of carbonyl (C=O) groups is 2. The topological polar surface area (TPSA) is 98.7 Å². The first-order chi connectivity index (χ1) is 7.11. The van der Waals surface area contributed by atoms with Gasteiger partial charge >= 0.3 is 5.97 Å². The van der Waals surface area contributed by atoms with Gasteiger partial charge in [0, 0.05) is 0 Å². The summed E-state index contributed by atoms with van der Waals surface area (Å²) in [6, 6.07) is -0.250. The van der Waals surface area contributed by atoms with Crippen molar-refractivity contribution in [2.24, 2.45) is 0 Å². The van der Waals surface area contributed by atoms with Crippen LogP contribution in [0.1, 0.15) is 19.3 Å². The molecule has 1 rings (SSSR count). The fraction of sp³-hybridized carbons (Fsp3) is 0.778. The van der Waals surface area contributed by atoms with Gasteiger partial charge in [-0.25, -0.2) is 4.79 Å². The third-order valence-electron chi connectivity index (χ3n) is 2.38. The normalized spacial score (nSPS) is 23.1. The molecule has 15 heavy (non-hydrogen) atoms. The van der Waals surface area contributed by atoms with E-state index in [2.05, 4.69) is 10.6 Å². The summed E-state index contributed by atoms with van der Waals surface area (Å²) in [5, 5.41) is 22.8. The molecule has 4 N–H and O–H groups in total. The Bertz CT molecular complexity index is 238. The second-order valence-electron chi connectivity index (χ2n) is 3.60. The summed E-state index contributed by atoms with van der Waals surface area (Å²) < 4.78 is 0. The predicted molar refractivity (Wildman–Crippen MR) is 52.3 cm³/mol. The van der Waals surface area contributed by atoms with Crippen LogP contribution in [0.4, 0.5) is 0 Å². The SMILES string of the molecule is O=C(O)[C@@H](O)CNC(=O)[C@H]1CCCCN1. The largest absolute Gasteiger partial charge is 0.479 e. The van der Waals surface area contributed by atoms with Crippen LogP contribution in [-0.4, -0.2) is 47.3 Å². The standard InChI is InChI=1S/C9H16N2O4/c12-7(9(14)15)5-11-8(13)6-3-1-2-4-10-6/h6-7,10,12H,1-5H2,(H,11,13)(H,14,15)/t6-,7+/m1/s1. The Balaban J connectivity index is 2.25. The molecule has 1 fully saturated rings. The van der Waals surface area contributed by atoms with Crippen LogP contribution in [0.25, 0.3) is 0 Å². The van der Waals surface area contributed by atoms with Crippen LogP contribution in [0.2, 0.25) is 0 Å². The minimum Gasteiger partial charge on any atom is -0.479 e. The zero-order valence-corrected chi connectivity index (χ0v) is 8.40. The third-order valence-corrected chi connectivity index (χ3v) is 2.38. The zero-order chi connectivity index (χ0) is 11.3. The number of aliphatic hydroxyl groups is 1. The van der Waals surface area contributed by atoms with E-state index in [0.717, 1.165) is 25.8 Å². The molecule has 86 valence electrons. The molecule has 1 amide bonds. The van der Waals surface area contributed by atoms with E-state index in [0.29, 0.717) is 0 Å². The Kier molecular flexibility index (Phi) is 4.51. The zero-order valence-electron chi connectivity index (χ0n) is 8.40. The number of aliphatic carboxylic acids is 1. The van der Waals surface area contributed by atoms with Crippen molar-refractivity contribution in [3.63, 3.8) is 0 Å². The molecule has 0 bridgehead atoms. The molecule has 0 aromatic heterocycles. The van der Waals surface area contributed by atoms with Crippen LogP contribution in [0.3, 0.4) is 0 Å². The second-order valence-corrected chi connectivity index (χ2v) is 3.60. The maximum Gasteiger partial charge on any atom is 0.334 e. The van der Waals surface area contributed by atoms with E-state index in [9.17, 15) is 9.59 Å². The van der Waals surface area contributed by atoms with E-state index in [4.69, 9.17) is 10.2 Å². The fourth-order valence-electron chi connectivity index (χ4n) is 1.48. The van der Waals surface area contributed by atoms with Gasteiger partial charge in [-0.05, 0) is 19.4 Å². The minimum absolute atomic E-state index is 0.241. The molecular formula is C9H16N2O4. The third kappa shape index (κ3) is 3.85. The Labute approximate surface area is 87.7 Å². The lowest BCUT2D eigenvalue weighted by Crippen LogP contribution is -2.49. The summed E-state index contributed by atoms with van der Waals surface area (Å²) in [4.78, 5) is 21.7. The molecule has 0 aromatic carbocycles. The van der Waals surface area contributed by atoms with E-state index in [1.54, 1.807) is 0 Å². The summed E-state index contributed by atoms with van der Waals surface area (Å²) in [5.41, 5.74) is 0. The highest BCUT2D eigenvalue weighted by Gasteiger charge is 2.21. The van der Waals surface area contributed by atoms with Gasteiger partial charge in [0.2, 0.25) is 5.91 Å². The molecule has 6 nitrogen and oxygen atoms in total. The summed E-state index contributed by atoms with van der Waals surface area (Å²) in [6.45, 7) is 0.561. The average Bonchev–Trinajstić information content (AvgIpc) is 2.26. The molecule has 1 aliphatic heterocycles. The average molecular weight is 216 g/mol. The number of carboxylic acids is 1. The molecule has 0 radical (unpaired) electrons. The smallest absolute Gasteiger partial charge is 0.334 e. The monoisotopic (exact) mass is 216 g/mol. The van der Waals surface area contributed by atoms with E-state index in [-0.39, 0.29) is 18.5 Å². The molecule has 1 saturated heterocycles. The number of nitrogens with one attached hydrogen (secondary N) is 2. The Hall–Kier alpha value is -1.14. The van der Waals surface area contributed by atoms with Gasteiger partial charge in [0.25, 0.3) is 0 Å². The molecule has 1 aliphatic rings. The highest BCUT2D eigenvalue weighted by molar-refractivity contribution is 5.82. The molecule has 6 heteroatoms. The first-order valence-electron chi connectivity index (χ1n) is 5.03. The summed E-state index contributed by atoms with van der Waals surface area (Å²) >= 11 is 0. The van der Waals surface area contributed by atoms with Crippen molar-refractivity contribution < 1.29 is 19.8 Å².